The number of hydrogen-bond acceptors (Lipinski definition) is 2. The fourth-order valence-corrected chi connectivity index (χ4v) is 1.68. The van der Waals surface area contributed by atoms with Gasteiger partial charge in [0.25, 0.3) is 0 Å². The van der Waals surface area contributed by atoms with Gasteiger partial charge in [-0.1, -0.05) is 0 Å². The highest BCUT2D eigenvalue weighted by Crippen LogP contribution is 2.29. The molecule has 1 rings (SSSR count). The second-order valence-corrected chi connectivity index (χ2v) is 3.13. The van der Waals surface area contributed by atoms with Crippen LogP contribution in [0.1, 0.15) is 25.7 Å². The number of carboxylic acid groups (broad SMARTS) is 1. The molecule has 3 heteroatoms. The molecule has 0 aromatic rings. The average molecular weight is 158 g/mol. The molecule has 1 fully saturated rings. The summed E-state index contributed by atoms with van der Waals surface area (Å²) in [6.45, 7) is 0. The van der Waals surface area contributed by atoms with Crippen molar-refractivity contribution in [3.8, 4) is 0 Å². The monoisotopic (exact) mass is 158 g/mol. The molecule has 0 spiro atoms. The third-order valence-corrected chi connectivity index (χ3v) is 2.29. The van der Waals surface area contributed by atoms with Crippen molar-refractivity contribution in [2.75, 3.05) is 7.11 Å². The van der Waals surface area contributed by atoms with Crippen LogP contribution in [0.3, 0.4) is 0 Å². The quantitative estimate of drug-likeness (QED) is 0.673. The zero-order valence-electron chi connectivity index (χ0n) is 6.75. The van der Waals surface area contributed by atoms with E-state index in [1.54, 1.807) is 7.11 Å². The number of carboxylic acids is 1. The first-order valence-electron chi connectivity index (χ1n) is 3.97. The van der Waals surface area contributed by atoms with Gasteiger partial charge in [-0.3, -0.25) is 4.79 Å². The van der Waals surface area contributed by atoms with Crippen molar-refractivity contribution in [3.05, 3.63) is 0 Å². The normalized spacial score (nSPS) is 30.6. The number of aliphatic carboxylic acids is 1. The van der Waals surface area contributed by atoms with E-state index < -0.39 is 5.97 Å². The molecule has 0 amide bonds. The standard InChI is InChI=1S/C8H14O3/c1-11-7-3-2-6(4-7)5-8(9)10/h6-7H,2-5H2,1H3,(H,9,10). The third-order valence-electron chi connectivity index (χ3n) is 2.29. The van der Waals surface area contributed by atoms with Gasteiger partial charge in [-0.15, -0.1) is 0 Å². The number of hydrogen-bond donors (Lipinski definition) is 1. The van der Waals surface area contributed by atoms with Crippen LogP contribution in [0.25, 0.3) is 0 Å². The van der Waals surface area contributed by atoms with Gasteiger partial charge in [0.05, 0.1) is 6.10 Å². The van der Waals surface area contributed by atoms with Crippen LogP contribution in [-0.4, -0.2) is 24.3 Å². The van der Waals surface area contributed by atoms with E-state index in [1.807, 2.05) is 0 Å². The predicted octanol–water partition coefficient (Wildman–Crippen LogP) is 1.28. The number of carbonyl (C=O) groups is 1. The molecule has 1 aliphatic rings. The van der Waals surface area contributed by atoms with E-state index >= 15 is 0 Å². The molecular weight excluding hydrogens is 144 g/mol. The molecule has 0 heterocycles. The number of ether oxygens (including phenoxy) is 1. The van der Waals surface area contributed by atoms with Gasteiger partial charge in [0.1, 0.15) is 0 Å². The van der Waals surface area contributed by atoms with Crippen LogP contribution in [0.4, 0.5) is 0 Å². The van der Waals surface area contributed by atoms with Crippen molar-refractivity contribution >= 4 is 5.97 Å². The van der Waals surface area contributed by atoms with E-state index in [9.17, 15) is 4.79 Å². The summed E-state index contributed by atoms with van der Waals surface area (Å²) in [5, 5.41) is 8.49. The Hall–Kier alpha value is -0.570. The fourth-order valence-electron chi connectivity index (χ4n) is 1.68. The maximum Gasteiger partial charge on any atom is 0.303 e. The Balaban J connectivity index is 2.24. The van der Waals surface area contributed by atoms with E-state index in [0.29, 0.717) is 18.4 Å². The first-order chi connectivity index (χ1) is 5.22. The van der Waals surface area contributed by atoms with Gasteiger partial charge in [0, 0.05) is 13.5 Å². The van der Waals surface area contributed by atoms with E-state index in [4.69, 9.17) is 9.84 Å². The zero-order valence-corrected chi connectivity index (χ0v) is 6.75. The minimum atomic E-state index is -0.688. The summed E-state index contributed by atoms with van der Waals surface area (Å²) in [6.07, 6.45) is 3.56. The number of rotatable bonds is 3. The van der Waals surface area contributed by atoms with Crippen LogP contribution < -0.4 is 0 Å². The van der Waals surface area contributed by atoms with E-state index in [-0.39, 0.29) is 0 Å². The molecule has 0 radical (unpaired) electrons. The molecule has 0 aliphatic heterocycles. The summed E-state index contributed by atoms with van der Waals surface area (Å²) in [6, 6.07) is 0. The van der Waals surface area contributed by atoms with Crippen molar-refractivity contribution in [2.24, 2.45) is 5.92 Å². The van der Waals surface area contributed by atoms with Crippen molar-refractivity contribution in [3.63, 3.8) is 0 Å². The highest BCUT2D eigenvalue weighted by atomic mass is 16.5. The number of methoxy groups -OCH3 is 1. The molecule has 1 saturated carbocycles. The molecule has 0 aromatic heterocycles. The van der Waals surface area contributed by atoms with Crippen LogP contribution in [-0.2, 0) is 9.53 Å². The molecule has 1 aliphatic carbocycles. The van der Waals surface area contributed by atoms with E-state index in [0.717, 1.165) is 19.3 Å². The summed E-state index contributed by atoms with van der Waals surface area (Å²) in [5.74, 6) is -0.343. The topological polar surface area (TPSA) is 46.5 Å². The van der Waals surface area contributed by atoms with Gasteiger partial charge in [-0.25, -0.2) is 0 Å². The first kappa shape index (κ1) is 8.53. The molecule has 0 bridgehead atoms. The second-order valence-electron chi connectivity index (χ2n) is 3.13. The summed E-state index contributed by atoms with van der Waals surface area (Å²) in [7, 11) is 1.69. The minimum absolute atomic E-state index is 0.305. The summed E-state index contributed by atoms with van der Waals surface area (Å²) >= 11 is 0. The van der Waals surface area contributed by atoms with Gasteiger partial charge in [-0.2, -0.15) is 0 Å². The summed E-state index contributed by atoms with van der Waals surface area (Å²) < 4.78 is 5.13. The van der Waals surface area contributed by atoms with Gasteiger partial charge >= 0.3 is 5.97 Å². The lowest BCUT2D eigenvalue weighted by atomic mass is 10.0. The van der Waals surface area contributed by atoms with Crippen LogP contribution in [0, 0.1) is 5.92 Å². The smallest absolute Gasteiger partial charge is 0.303 e. The van der Waals surface area contributed by atoms with Crippen molar-refractivity contribution < 1.29 is 14.6 Å². The lowest BCUT2D eigenvalue weighted by Gasteiger charge is -2.06. The Kier molecular flexibility index (Phi) is 2.88. The second kappa shape index (κ2) is 3.72. The lowest BCUT2D eigenvalue weighted by Crippen LogP contribution is -2.07. The molecule has 0 saturated heterocycles. The summed E-state index contributed by atoms with van der Waals surface area (Å²) in [4.78, 5) is 10.3. The van der Waals surface area contributed by atoms with Gasteiger partial charge in [0.15, 0.2) is 0 Å². The largest absolute Gasteiger partial charge is 0.481 e. The van der Waals surface area contributed by atoms with Crippen LogP contribution in [0.2, 0.25) is 0 Å². The van der Waals surface area contributed by atoms with E-state index in [1.165, 1.54) is 0 Å². The van der Waals surface area contributed by atoms with E-state index in [2.05, 4.69) is 0 Å². The van der Waals surface area contributed by atoms with Crippen LogP contribution in [0.15, 0.2) is 0 Å². The molecule has 1 N–H and O–H groups in total. The van der Waals surface area contributed by atoms with Crippen molar-refractivity contribution in [1.29, 1.82) is 0 Å². The Morgan fingerprint density at radius 2 is 2.36 bits per heavy atom. The molecule has 64 valence electrons. The van der Waals surface area contributed by atoms with Crippen molar-refractivity contribution in [1.82, 2.24) is 0 Å². The predicted molar refractivity (Wildman–Crippen MR) is 40.4 cm³/mol. The van der Waals surface area contributed by atoms with Gasteiger partial charge < -0.3 is 9.84 Å². The first-order valence-corrected chi connectivity index (χ1v) is 3.97. The Bertz CT molecular complexity index is 144. The minimum Gasteiger partial charge on any atom is -0.481 e. The van der Waals surface area contributed by atoms with Gasteiger partial charge in [0.2, 0.25) is 0 Å². The molecule has 3 nitrogen and oxygen atoms in total. The van der Waals surface area contributed by atoms with Crippen LogP contribution in [0.5, 0.6) is 0 Å². The Labute approximate surface area is 66.4 Å². The lowest BCUT2D eigenvalue weighted by molar-refractivity contribution is -0.138. The highest BCUT2D eigenvalue weighted by Gasteiger charge is 2.25. The Morgan fingerprint density at radius 1 is 1.64 bits per heavy atom. The van der Waals surface area contributed by atoms with Crippen molar-refractivity contribution in [2.45, 2.75) is 31.8 Å². The third kappa shape index (κ3) is 2.50. The van der Waals surface area contributed by atoms with Crippen LogP contribution >= 0.6 is 0 Å². The zero-order chi connectivity index (χ0) is 8.27. The molecule has 11 heavy (non-hydrogen) atoms. The SMILES string of the molecule is COC1CCC(CC(=O)O)C1. The molecular formula is C8H14O3. The highest BCUT2D eigenvalue weighted by molar-refractivity contribution is 5.67. The summed E-state index contributed by atoms with van der Waals surface area (Å²) in [5.41, 5.74) is 0. The fraction of sp³-hybridized carbons (Fsp3) is 0.875. The Morgan fingerprint density at radius 3 is 2.82 bits per heavy atom. The molecule has 2 unspecified atom stereocenters. The molecule has 2 atom stereocenters. The maximum absolute atomic E-state index is 10.3. The average Bonchev–Trinajstić information content (AvgIpc) is 2.34. The van der Waals surface area contributed by atoms with Gasteiger partial charge in [-0.05, 0) is 25.2 Å². The molecule has 0 aromatic carbocycles. The maximum atomic E-state index is 10.3.